The lowest BCUT2D eigenvalue weighted by Gasteiger charge is -2.17. The number of nitrogens with one attached hydrogen (secondary N) is 2. The third-order valence-electron chi connectivity index (χ3n) is 5.76. The summed E-state index contributed by atoms with van der Waals surface area (Å²) < 4.78 is 7.42. The number of fused-ring (bicyclic) bond motifs is 2. The van der Waals surface area contributed by atoms with E-state index in [1.807, 2.05) is 17.6 Å². The fourth-order valence-corrected chi connectivity index (χ4v) is 4.94. The minimum Gasteiger partial charge on any atom is -0.497 e. The molecular weight excluding hydrogens is 442 g/mol. The van der Waals surface area contributed by atoms with E-state index in [9.17, 15) is 9.90 Å². The Labute approximate surface area is 193 Å². The van der Waals surface area contributed by atoms with E-state index >= 15 is 0 Å². The molecule has 1 unspecified atom stereocenters. The maximum atomic E-state index is 11.4. The zero-order chi connectivity index (χ0) is 23.1. The number of carboxylic acids is 1. The molecule has 170 valence electrons. The highest BCUT2D eigenvalue weighted by atomic mass is 32.1. The highest BCUT2D eigenvalue weighted by Crippen LogP contribution is 2.37. The number of aromatic carboxylic acids is 1. The Bertz CT molecular complexity index is 1360. The van der Waals surface area contributed by atoms with Gasteiger partial charge >= 0.3 is 5.97 Å². The van der Waals surface area contributed by atoms with Gasteiger partial charge in [-0.1, -0.05) is 17.4 Å². The first-order valence-electron chi connectivity index (χ1n) is 10.6. The summed E-state index contributed by atoms with van der Waals surface area (Å²) in [6, 6.07) is 6.24. The van der Waals surface area contributed by atoms with E-state index in [0.29, 0.717) is 28.2 Å². The number of rotatable bonds is 7. The van der Waals surface area contributed by atoms with Crippen LogP contribution in [0.3, 0.4) is 0 Å². The molecule has 3 N–H and O–H groups in total. The molecule has 10 nitrogen and oxygen atoms in total. The van der Waals surface area contributed by atoms with Gasteiger partial charge in [0.25, 0.3) is 0 Å². The molecule has 0 spiro atoms. The van der Waals surface area contributed by atoms with Gasteiger partial charge in [0.05, 0.1) is 25.2 Å². The number of benzene rings is 1. The maximum absolute atomic E-state index is 11.4. The average molecular weight is 466 g/mol. The number of anilines is 3. The van der Waals surface area contributed by atoms with Crippen LogP contribution in [0.4, 0.5) is 16.9 Å². The summed E-state index contributed by atoms with van der Waals surface area (Å²) in [6.07, 6.45) is 3.65. The molecule has 3 heterocycles. The Kier molecular flexibility index (Phi) is 5.33. The monoisotopic (exact) mass is 465 g/mol. The molecule has 0 saturated heterocycles. The van der Waals surface area contributed by atoms with Crippen LogP contribution in [0.15, 0.2) is 24.5 Å². The van der Waals surface area contributed by atoms with Crippen LogP contribution in [-0.2, 0) is 13.0 Å². The van der Waals surface area contributed by atoms with Crippen LogP contribution in [0.2, 0.25) is 0 Å². The van der Waals surface area contributed by atoms with E-state index in [1.54, 1.807) is 20.4 Å². The van der Waals surface area contributed by atoms with Crippen molar-refractivity contribution >= 4 is 45.4 Å². The van der Waals surface area contributed by atoms with Crippen molar-refractivity contribution in [3.63, 3.8) is 0 Å². The van der Waals surface area contributed by atoms with E-state index < -0.39 is 5.97 Å². The second kappa shape index (κ2) is 8.32. The molecule has 1 aliphatic rings. The summed E-state index contributed by atoms with van der Waals surface area (Å²) in [5, 5.41) is 16.4. The van der Waals surface area contributed by atoms with Gasteiger partial charge < -0.3 is 19.7 Å². The van der Waals surface area contributed by atoms with Crippen LogP contribution in [0, 0.1) is 6.92 Å². The summed E-state index contributed by atoms with van der Waals surface area (Å²) >= 11 is 1.05. The number of nitrogens with zero attached hydrogens (tertiary/aromatic N) is 5. The van der Waals surface area contributed by atoms with Crippen LogP contribution in [0.25, 0.3) is 11.2 Å². The molecule has 0 fully saturated rings. The molecule has 0 amide bonds. The van der Waals surface area contributed by atoms with Crippen LogP contribution in [-0.4, -0.2) is 42.7 Å². The lowest BCUT2D eigenvalue weighted by Crippen LogP contribution is -2.12. The molecular formula is C22H23N7O3S. The molecule has 0 radical (unpaired) electrons. The van der Waals surface area contributed by atoms with Crippen LogP contribution < -0.4 is 15.4 Å². The van der Waals surface area contributed by atoms with Crippen molar-refractivity contribution in [2.75, 3.05) is 17.7 Å². The molecule has 4 aromatic rings. The predicted octanol–water partition coefficient (Wildman–Crippen LogP) is 4.16. The van der Waals surface area contributed by atoms with Crippen molar-refractivity contribution < 1.29 is 14.6 Å². The smallest absolute Gasteiger partial charge is 0.347 e. The van der Waals surface area contributed by atoms with Gasteiger partial charge in [-0.05, 0) is 49.9 Å². The minimum atomic E-state index is -1.01. The second-order valence-electron chi connectivity index (χ2n) is 7.76. The second-order valence-corrected chi connectivity index (χ2v) is 8.76. The third kappa shape index (κ3) is 3.84. The quantitative estimate of drug-likeness (QED) is 0.369. The Hall–Kier alpha value is -3.73. The third-order valence-corrected chi connectivity index (χ3v) is 6.83. The number of ether oxygens (including phenoxy) is 1. The van der Waals surface area contributed by atoms with E-state index in [4.69, 9.17) is 9.72 Å². The Morgan fingerprint density at radius 3 is 2.91 bits per heavy atom. The van der Waals surface area contributed by atoms with E-state index in [2.05, 4.69) is 37.7 Å². The Morgan fingerprint density at radius 1 is 1.33 bits per heavy atom. The van der Waals surface area contributed by atoms with E-state index in [-0.39, 0.29) is 10.9 Å². The highest BCUT2D eigenvalue weighted by molar-refractivity contribution is 7.17. The molecule has 3 aromatic heterocycles. The first-order chi connectivity index (χ1) is 16.0. The summed E-state index contributed by atoms with van der Waals surface area (Å²) in [5.41, 5.74) is 4.30. The van der Waals surface area contributed by atoms with Crippen LogP contribution >= 0.6 is 11.3 Å². The standard InChI is InChI=1S/C22H23N7O3S/c1-4-29-10-23-18-16(29)19(25-15-8-6-12-5-7-13(32-3)9-14(12)15)27-21(26-18)28-22-24-11(2)17(33-22)20(30)31/h5,7,9-10,15H,4,6,8H2,1-3H3,(H,30,31)(H2,24,25,26,27,28). The maximum Gasteiger partial charge on any atom is 0.347 e. The Morgan fingerprint density at radius 2 is 2.18 bits per heavy atom. The fraction of sp³-hybridized carbons (Fsp3) is 0.318. The van der Waals surface area contributed by atoms with Gasteiger partial charge in [0.15, 0.2) is 16.6 Å². The van der Waals surface area contributed by atoms with Gasteiger partial charge in [-0.25, -0.2) is 14.8 Å². The van der Waals surface area contributed by atoms with Crippen molar-refractivity contribution in [1.82, 2.24) is 24.5 Å². The number of carboxylic acid groups (broad SMARTS) is 1. The predicted molar refractivity (Wildman–Crippen MR) is 126 cm³/mol. The normalized spacial score (nSPS) is 14.9. The zero-order valence-electron chi connectivity index (χ0n) is 18.4. The Balaban J connectivity index is 1.52. The fourth-order valence-electron chi connectivity index (χ4n) is 4.14. The summed E-state index contributed by atoms with van der Waals surface area (Å²) in [5.74, 6) is 0.786. The molecule has 33 heavy (non-hydrogen) atoms. The molecule has 1 aromatic carbocycles. The highest BCUT2D eigenvalue weighted by Gasteiger charge is 2.25. The van der Waals surface area contributed by atoms with Crippen molar-refractivity contribution in [2.24, 2.45) is 0 Å². The topological polar surface area (TPSA) is 127 Å². The lowest BCUT2D eigenvalue weighted by atomic mass is 10.1. The molecule has 11 heteroatoms. The number of imidazole rings is 1. The average Bonchev–Trinajstić information content (AvgIpc) is 3.50. The number of hydrogen-bond donors (Lipinski definition) is 3. The molecule has 5 rings (SSSR count). The van der Waals surface area contributed by atoms with Crippen molar-refractivity contribution in [2.45, 2.75) is 39.3 Å². The summed E-state index contributed by atoms with van der Waals surface area (Å²) in [7, 11) is 1.67. The van der Waals surface area contributed by atoms with Gasteiger partial charge in [0.2, 0.25) is 5.95 Å². The number of hydrogen-bond acceptors (Lipinski definition) is 9. The minimum absolute atomic E-state index is 0.0713. The lowest BCUT2D eigenvalue weighted by molar-refractivity contribution is 0.0701. The van der Waals surface area contributed by atoms with Gasteiger partial charge in [0, 0.05) is 6.54 Å². The molecule has 0 saturated carbocycles. The number of methoxy groups -OCH3 is 1. The number of carbonyl (C=O) groups is 1. The first kappa shape index (κ1) is 21.1. The molecule has 0 bridgehead atoms. The van der Waals surface area contributed by atoms with E-state index in [0.717, 1.165) is 42.0 Å². The number of aromatic nitrogens is 5. The van der Waals surface area contributed by atoms with Crippen molar-refractivity contribution in [3.05, 3.63) is 46.2 Å². The molecule has 0 aliphatic heterocycles. The number of aryl methyl sites for hydroxylation is 3. The van der Waals surface area contributed by atoms with Crippen molar-refractivity contribution in [3.8, 4) is 5.75 Å². The van der Waals surface area contributed by atoms with Crippen LogP contribution in [0.1, 0.15) is 45.9 Å². The van der Waals surface area contributed by atoms with Crippen molar-refractivity contribution in [1.29, 1.82) is 0 Å². The molecule has 1 aliphatic carbocycles. The SMILES string of the molecule is CCn1cnc2nc(Nc3nc(C)c(C(=O)O)s3)nc(NC3CCc4ccc(OC)cc43)c21. The summed E-state index contributed by atoms with van der Waals surface area (Å²) in [6.45, 7) is 4.43. The van der Waals surface area contributed by atoms with Gasteiger partial charge in [-0.15, -0.1) is 0 Å². The molecule has 1 atom stereocenters. The number of thiazole rings is 1. The van der Waals surface area contributed by atoms with Gasteiger partial charge in [-0.3, -0.25) is 5.32 Å². The summed E-state index contributed by atoms with van der Waals surface area (Å²) in [4.78, 5) is 29.6. The van der Waals surface area contributed by atoms with Crippen LogP contribution in [0.5, 0.6) is 5.75 Å². The van der Waals surface area contributed by atoms with Gasteiger partial charge in [-0.2, -0.15) is 9.97 Å². The van der Waals surface area contributed by atoms with Gasteiger partial charge in [0.1, 0.15) is 16.1 Å². The zero-order valence-corrected chi connectivity index (χ0v) is 19.2. The first-order valence-corrected chi connectivity index (χ1v) is 11.4. The van der Waals surface area contributed by atoms with E-state index in [1.165, 1.54) is 11.1 Å². The largest absolute Gasteiger partial charge is 0.497 e.